The first-order valence-electron chi connectivity index (χ1n) is 19.8. The third-order valence-electron chi connectivity index (χ3n) is 11.0. The summed E-state index contributed by atoms with van der Waals surface area (Å²) in [6.45, 7) is 9.43. The Hall–Kier alpha value is -3.64. The van der Waals surface area contributed by atoms with Crippen LogP contribution in [0.2, 0.25) is 0 Å². The topological polar surface area (TPSA) is 0 Å². The van der Waals surface area contributed by atoms with Crippen LogP contribution in [0.5, 0.6) is 0 Å². The predicted octanol–water partition coefficient (Wildman–Crippen LogP) is 14.6. The number of rotatable bonds is 18. The summed E-state index contributed by atoms with van der Waals surface area (Å²) in [4.78, 5) is 0. The van der Waals surface area contributed by atoms with Gasteiger partial charge in [-0.05, 0) is 0 Å². The van der Waals surface area contributed by atoms with Crippen molar-refractivity contribution in [3.8, 4) is 0 Å². The van der Waals surface area contributed by atoms with E-state index in [0.29, 0.717) is 23.7 Å². The van der Waals surface area contributed by atoms with Gasteiger partial charge in [-0.2, -0.15) is 0 Å². The van der Waals surface area contributed by atoms with E-state index in [1.165, 1.54) is 73.6 Å². The summed E-state index contributed by atoms with van der Waals surface area (Å²) in [5.41, 5.74) is 12.5. The number of benzene rings is 4. The molecule has 1 heteroatoms. The molecular weight excluding hydrogens is 656 g/mol. The van der Waals surface area contributed by atoms with Gasteiger partial charge in [-0.3, -0.25) is 0 Å². The molecule has 51 heavy (non-hydrogen) atoms. The van der Waals surface area contributed by atoms with Crippen molar-refractivity contribution in [3.05, 3.63) is 187 Å². The zero-order valence-electron chi connectivity index (χ0n) is 31.4. The molecule has 2 aliphatic rings. The Morgan fingerprint density at radius 2 is 0.667 bits per heavy atom. The van der Waals surface area contributed by atoms with Crippen LogP contribution in [-0.2, 0) is 15.0 Å². The Balaban J connectivity index is 1.39. The molecule has 0 fully saturated rings. The fourth-order valence-corrected chi connectivity index (χ4v) is 10.3. The molecule has 0 saturated heterocycles. The fourth-order valence-electron chi connectivity index (χ4n) is 8.72. The predicted molar refractivity (Wildman–Crippen MR) is 216 cm³/mol. The Morgan fingerprint density at radius 3 is 0.961 bits per heavy atom. The molecule has 266 valence electrons. The van der Waals surface area contributed by atoms with E-state index in [1.54, 1.807) is 31.2 Å². The zero-order chi connectivity index (χ0) is 35.4. The van der Waals surface area contributed by atoms with Gasteiger partial charge in [0, 0.05) is 0 Å². The maximum absolute atomic E-state index is 2.67. The van der Waals surface area contributed by atoms with Crippen molar-refractivity contribution < 1.29 is 15.0 Å². The van der Waals surface area contributed by atoms with Crippen LogP contribution in [0, 0.1) is 0 Å². The second-order valence-electron chi connectivity index (χ2n) is 14.6. The fraction of sp³-hybridized carbons (Fsp3) is 0.360. The summed E-state index contributed by atoms with van der Waals surface area (Å²) < 4.78 is 3.22. The van der Waals surface area contributed by atoms with Gasteiger partial charge in [0.25, 0.3) is 0 Å². The Kier molecular flexibility index (Phi) is 13.6. The SMILES string of the molecule is CCCC(C1=C(C(CCC)c2ccccc2)C[C]([Fe][C]2=CC(C(CCC)c3ccccc3)=C(C(CCC)c3ccccc3)C2)=C1)c1ccccc1. The van der Waals surface area contributed by atoms with Gasteiger partial charge in [0.05, 0.1) is 0 Å². The Bertz CT molecular complexity index is 1660. The molecule has 4 aromatic carbocycles. The van der Waals surface area contributed by atoms with Crippen LogP contribution in [0.3, 0.4) is 0 Å². The van der Waals surface area contributed by atoms with Crippen LogP contribution in [-0.4, -0.2) is 0 Å². The molecule has 0 N–H and O–H groups in total. The van der Waals surface area contributed by atoms with Crippen molar-refractivity contribution in [2.24, 2.45) is 0 Å². The summed E-state index contributed by atoms with van der Waals surface area (Å²) in [5.74, 6) is 1.80. The van der Waals surface area contributed by atoms with Crippen molar-refractivity contribution in [2.45, 2.75) is 116 Å². The van der Waals surface area contributed by atoms with E-state index >= 15 is 0 Å². The third-order valence-corrected chi connectivity index (χ3v) is 12.4. The molecule has 4 atom stereocenters. The van der Waals surface area contributed by atoms with Crippen LogP contribution >= 0.6 is 0 Å². The van der Waals surface area contributed by atoms with Crippen molar-refractivity contribution in [2.75, 3.05) is 0 Å². The molecule has 0 heterocycles. The molecule has 0 amide bonds. The molecule has 6 rings (SSSR count). The third kappa shape index (κ3) is 9.06. The van der Waals surface area contributed by atoms with Gasteiger partial charge in [0.2, 0.25) is 0 Å². The van der Waals surface area contributed by atoms with E-state index in [9.17, 15) is 0 Å². The monoisotopic (exact) mass is 714 g/mol. The van der Waals surface area contributed by atoms with Crippen LogP contribution in [0.1, 0.15) is 138 Å². The van der Waals surface area contributed by atoms with Gasteiger partial charge < -0.3 is 0 Å². The molecule has 2 aliphatic carbocycles. The molecular formula is C50H58Fe. The van der Waals surface area contributed by atoms with Gasteiger partial charge in [-0.15, -0.1) is 0 Å². The van der Waals surface area contributed by atoms with Crippen molar-refractivity contribution in [1.29, 1.82) is 0 Å². The summed E-state index contributed by atoms with van der Waals surface area (Å²) in [5, 5.41) is 0. The van der Waals surface area contributed by atoms with Gasteiger partial charge in [0.1, 0.15) is 0 Å². The summed E-state index contributed by atoms with van der Waals surface area (Å²) >= 11 is 1.07. The van der Waals surface area contributed by atoms with Gasteiger partial charge in [-0.25, -0.2) is 0 Å². The molecule has 4 unspecified atom stereocenters. The molecule has 0 bridgehead atoms. The molecule has 0 radical (unpaired) electrons. The average Bonchev–Trinajstić information content (AvgIpc) is 3.79. The van der Waals surface area contributed by atoms with E-state index < -0.39 is 0 Å². The normalized spacial score (nSPS) is 17.0. The van der Waals surface area contributed by atoms with Crippen LogP contribution < -0.4 is 0 Å². The standard InChI is InChI=1S/2C25H29.Fe/c2*1-3-12-22(20-14-7-5-8-15-20)24-18-11-19-25(24)23(13-4-2)21-16-9-6-10-17-21;/h2*5-10,14-18,22-23H,3-4,12-13,19H2,1-2H3;. The van der Waals surface area contributed by atoms with E-state index in [-0.39, 0.29) is 0 Å². The molecule has 0 saturated carbocycles. The summed E-state index contributed by atoms with van der Waals surface area (Å²) in [7, 11) is 0. The van der Waals surface area contributed by atoms with Gasteiger partial charge in [0.15, 0.2) is 0 Å². The summed E-state index contributed by atoms with van der Waals surface area (Å²) in [6, 6.07) is 45.5. The van der Waals surface area contributed by atoms with Crippen LogP contribution in [0.4, 0.5) is 0 Å². The maximum atomic E-state index is 2.67. The van der Waals surface area contributed by atoms with Crippen molar-refractivity contribution >= 4 is 0 Å². The van der Waals surface area contributed by atoms with Crippen LogP contribution in [0.15, 0.2) is 165 Å². The van der Waals surface area contributed by atoms with Gasteiger partial charge >= 0.3 is 318 Å². The second-order valence-corrected chi connectivity index (χ2v) is 16.3. The van der Waals surface area contributed by atoms with E-state index in [2.05, 4.69) is 161 Å². The number of hydrogen-bond acceptors (Lipinski definition) is 0. The Labute approximate surface area is 316 Å². The second kappa shape index (κ2) is 18.7. The Morgan fingerprint density at radius 1 is 0.392 bits per heavy atom. The van der Waals surface area contributed by atoms with Crippen molar-refractivity contribution in [3.63, 3.8) is 0 Å². The summed E-state index contributed by atoms with van der Waals surface area (Å²) in [6.07, 6.45) is 17.0. The number of allylic oxidation sites excluding steroid dienone is 8. The molecule has 0 nitrogen and oxygen atoms in total. The zero-order valence-corrected chi connectivity index (χ0v) is 32.5. The molecule has 0 spiro atoms. The minimum absolute atomic E-state index is 0.438. The molecule has 4 aromatic rings. The average molecular weight is 715 g/mol. The minimum atomic E-state index is 0.438. The van der Waals surface area contributed by atoms with Crippen LogP contribution in [0.25, 0.3) is 0 Å². The molecule has 0 aromatic heterocycles. The van der Waals surface area contributed by atoms with E-state index in [4.69, 9.17) is 0 Å². The quantitative estimate of drug-likeness (QED) is 0.0900. The van der Waals surface area contributed by atoms with Crippen molar-refractivity contribution in [1.82, 2.24) is 0 Å². The van der Waals surface area contributed by atoms with E-state index in [0.717, 1.165) is 27.8 Å². The number of hydrogen-bond donors (Lipinski definition) is 0. The molecule has 0 aliphatic heterocycles. The first-order chi connectivity index (χ1) is 25.1. The van der Waals surface area contributed by atoms with E-state index in [1.807, 2.05) is 0 Å². The first kappa shape index (κ1) is 37.1. The first-order valence-corrected chi connectivity index (χ1v) is 20.9. The van der Waals surface area contributed by atoms with Gasteiger partial charge in [-0.1, -0.05) is 0 Å².